The Morgan fingerprint density at radius 1 is 1.24 bits per heavy atom. The van der Waals surface area contributed by atoms with E-state index >= 15 is 0 Å². The quantitative estimate of drug-likeness (QED) is 0.879. The number of aromatic nitrogens is 3. The van der Waals surface area contributed by atoms with Gasteiger partial charge in [-0.25, -0.2) is 4.98 Å². The molecule has 0 unspecified atom stereocenters. The highest BCUT2D eigenvalue weighted by Gasteiger charge is 2.32. The minimum atomic E-state index is -4.50. The second kappa shape index (κ2) is 6.73. The summed E-state index contributed by atoms with van der Waals surface area (Å²) in [4.78, 5) is 15.0. The number of primary amides is 1. The van der Waals surface area contributed by atoms with E-state index in [-0.39, 0.29) is 17.4 Å². The summed E-state index contributed by atoms with van der Waals surface area (Å²) < 4.78 is 39.4. The first-order chi connectivity index (χ1) is 11.8. The fraction of sp³-hybridized carbons (Fsp3) is 0.438. The standard InChI is InChI=1S/C16H18F3N5O/c17-16(18,19)13-7-6-10(8-21-13)22-15-12(14(20)25)9-24(23-15)11-4-2-1-3-5-11/h6-9,11H,1-5H2,(H2,20,25)(H,22,23). The smallest absolute Gasteiger partial charge is 0.365 e. The molecule has 25 heavy (non-hydrogen) atoms. The number of halogens is 3. The predicted molar refractivity (Wildman–Crippen MR) is 85.4 cm³/mol. The van der Waals surface area contributed by atoms with Crippen LogP contribution in [0.15, 0.2) is 24.5 Å². The Bertz CT molecular complexity index is 748. The Kier molecular flexibility index (Phi) is 4.65. The van der Waals surface area contributed by atoms with Gasteiger partial charge in [0, 0.05) is 6.20 Å². The van der Waals surface area contributed by atoms with E-state index in [0.717, 1.165) is 37.9 Å². The molecule has 0 radical (unpaired) electrons. The molecular formula is C16H18F3N5O. The van der Waals surface area contributed by atoms with Gasteiger partial charge in [0.2, 0.25) is 0 Å². The van der Waals surface area contributed by atoms with Crippen LogP contribution >= 0.6 is 0 Å². The summed E-state index contributed by atoms with van der Waals surface area (Å²) in [5, 5.41) is 7.21. The molecule has 1 aliphatic rings. The monoisotopic (exact) mass is 353 g/mol. The van der Waals surface area contributed by atoms with Gasteiger partial charge < -0.3 is 11.1 Å². The van der Waals surface area contributed by atoms with Gasteiger partial charge in [-0.2, -0.15) is 18.3 Å². The number of nitrogens with one attached hydrogen (secondary N) is 1. The molecule has 0 atom stereocenters. The maximum Gasteiger partial charge on any atom is 0.433 e. The van der Waals surface area contributed by atoms with Gasteiger partial charge in [0.1, 0.15) is 11.3 Å². The second-order valence-corrected chi connectivity index (χ2v) is 6.08. The van der Waals surface area contributed by atoms with Crippen LogP contribution in [-0.4, -0.2) is 20.7 Å². The molecule has 134 valence electrons. The van der Waals surface area contributed by atoms with Gasteiger partial charge in [0.15, 0.2) is 5.82 Å². The molecule has 0 spiro atoms. The minimum Gasteiger partial charge on any atom is -0.365 e. The summed E-state index contributed by atoms with van der Waals surface area (Å²) in [5.41, 5.74) is 4.91. The zero-order valence-corrected chi connectivity index (χ0v) is 13.4. The molecular weight excluding hydrogens is 335 g/mol. The number of anilines is 2. The molecule has 0 saturated heterocycles. The van der Waals surface area contributed by atoms with E-state index in [1.54, 1.807) is 10.9 Å². The molecule has 1 fully saturated rings. The average molecular weight is 353 g/mol. The van der Waals surface area contributed by atoms with Crippen molar-refractivity contribution in [2.75, 3.05) is 5.32 Å². The molecule has 2 aromatic rings. The molecule has 3 N–H and O–H groups in total. The molecule has 3 rings (SSSR count). The van der Waals surface area contributed by atoms with Crippen LogP contribution in [0.5, 0.6) is 0 Å². The first-order valence-corrected chi connectivity index (χ1v) is 8.04. The molecule has 1 amide bonds. The number of rotatable bonds is 4. The Morgan fingerprint density at radius 3 is 2.52 bits per heavy atom. The summed E-state index contributed by atoms with van der Waals surface area (Å²) >= 11 is 0. The number of pyridine rings is 1. The maximum absolute atomic E-state index is 12.6. The van der Waals surface area contributed by atoms with Crippen LogP contribution in [0.3, 0.4) is 0 Å². The summed E-state index contributed by atoms with van der Waals surface area (Å²) in [5.74, 6) is -0.427. The molecule has 1 saturated carbocycles. The van der Waals surface area contributed by atoms with E-state index in [1.807, 2.05) is 0 Å². The Labute approximate surface area is 142 Å². The van der Waals surface area contributed by atoms with Crippen LogP contribution < -0.4 is 11.1 Å². The number of hydrogen-bond acceptors (Lipinski definition) is 4. The van der Waals surface area contributed by atoms with Gasteiger partial charge in [0.25, 0.3) is 5.91 Å². The molecule has 9 heteroatoms. The van der Waals surface area contributed by atoms with Crippen molar-refractivity contribution in [3.63, 3.8) is 0 Å². The second-order valence-electron chi connectivity index (χ2n) is 6.08. The van der Waals surface area contributed by atoms with Crippen LogP contribution in [0.4, 0.5) is 24.7 Å². The molecule has 2 aromatic heterocycles. The van der Waals surface area contributed by atoms with E-state index in [2.05, 4.69) is 15.4 Å². The molecule has 2 heterocycles. The van der Waals surface area contributed by atoms with Gasteiger partial charge >= 0.3 is 6.18 Å². The highest BCUT2D eigenvalue weighted by molar-refractivity contribution is 5.98. The number of carbonyl (C=O) groups excluding carboxylic acids is 1. The SMILES string of the molecule is NC(=O)c1cn(C2CCCCC2)nc1Nc1ccc(C(F)(F)F)nc1. The first-order valence-electron chi connectivity index (χ1n) is 8.04. The van der Waals surface area contributed by atoms with Crippen LogP contribution in [0.2, 0.25) is 0 Å². The fourth-order valence-electron chi connectivity index (χ4n) is 2.97. The van der Waals surface area contributed by atoms with E-state index in [1.165, 1.54) is 12.5 Å². The average Bonchev–Trinajstić information content (AvgIpc) is 2.99. The largest absolute Gasteiger partial charge is 0.433 e. The Balaban J connectivity index is 1.83. The topological polar surface area (TPSA) is 85.8 Å². The normalized spacial score (nSPS) is 16.0. The lowest BCUT2D eigenvalue weighted by atomic mass is 9.96. The van der Waals surface area contributed by atoms with Crippen LogP contribution in [-0.2, 0) is 6.18 Å². The number of amides is 1. The molecule has 0 aliphatic heterocycles. The van der Waals surface area contributed by atoms with Crippen molar-refractivity contribution < 1.29 is 18.0 Å². The number of carbonyl (C=O) groups is 1. The molecule has 0 bridgehead atoms. The molecule has 6 nitrogen and oxygen atoms in total. The van der Waals surface area contributed by atoms with Crippen molar-refractivity contribution in [3.8, 4) is 0 Å². The summed E-state index contributed by atoms with van der Waals surface area (Å²) in [6.07, 6.45) is 3.47. The lowest BCUT2D eigenvalue weighted by Gasteiger charge is -2.21. The van der Waals surface area contributed by atoms with Crippen molar-refractivity contribution in [1.82, 2.24) is 14.8 Å². The number of hydrogen-bond donors (Lipinski definition) is 2. The maximum atomic E-state index is 12.6. The third-order valence-corrected chi connectivity index (χ3v) is 4.26. The van der Waals surface area contributed by atoms with Crippen LogP contribution in [0.25, 0.3) is 0 Å². The van der Waals surface area contributed by atoms with E-state index in [4.69, 9.17) is 5.73 Å². The highest BCUT2D eigenvalue weighted by atomic mass is 19.4. The third kappa shape index (κ3) is 3.92. The number of nitrogens with zero attached hydrogens (tertiary/aromatic N) is 3. The van der Waals surface area contributed by atoms with Crippen molar-refractivity contribution in [2.45, 2.75) is 44.3 Å². The lowest BCUT2D eigenvalue weighted by molar-refractivity contribution is -0.141. The Hall–Kier alpha value is -2.58. The van der Waals surface area contributed by atoms with Crippen molar-refractivity contribution in [1.29, 1.82) is 0 Å². The van der Waals surface area contributed by atoms with Gasteiger partial charge in [-0.3, -0.25) is 9.48 Å². The zero-order valence-electron chi connectivity index (χ0n) is 13.4. The Morgan fingerprint density at radius 2 is 1.96 bits per heavy atom. The number of alkyl halides is 3. The van der Waals surface area contributed by atoms with E-state index in [0.29, 0.717) is 5.69 Å². The third-order valence-electron chi connectivity index (χ3n) is 4.26. The van der Waals surface area contributed by atoms with E-state index < -0.39 is 17.8 Å². The van der Waals surface area contributed by atoms with Gasteiger partial charge in [0.05, 0.1) is 17.9 Å². The zero-order chi connectivity index (χ0) is 18.0. The highest BCUT2D eigenvalue weighted by Crippen LogP contribution is 2.31. The van der Waals surface area contributed by atoms with Crippen LogP contribution in [0, 0.1) is 0 Å². The first kappa shape index (κ1) is 17.2. The predicted octanol–water partition coefficient (Wildman–Crippen LogP) is 3.64. The van der Waals surface area contributed by atoms with Crippen LogP contribution in [0.1, 0.15) is 54.2 Å². The molecule has 0 aromatic carbocycles. The number of nitrogens with two attached hydrogens (primary N) is 1. The summed E-state index contributed by atoms with van der Waals surface area (Å²) in [6.45, 7) is 0. The van der Waals surface area contributed by atoms with Crippen molar-refractivity contribution in [2.24, 2.45) is 5.73 Å². The summed E-state index contributed by atoms with van der Waals surface area (Å²) in [7, 11) is 0. The minimum absolute atomic E-state index is 0.200. The van der Waals surface area contributed by atoms with E-state index in [9.17, 15) is 18.0 Å². The molecule has 1 aliphatic carbocycles. The fourth-order valence-corrected chi connectivity index (χ4v) is 2.97. The van der Waals surface area contributed by atoms with Crippen molar-refractivity contribution >= 4 is 17.4 Å². The van der Waals surface area contributed by atoms with Gasteiger partial charge in [-0.1, -0.05) is 19.3 Å². The lowest BCUT2D eigenvalue weighted by Crippen LogP contribution is -2.14. The van der Waals surface area contributed by atoms with Crippen molar-refractivity contribution in [3.05, 3.63) is 35.8 Å². The van der Waals surface area contributed by atoms with Gasteiger partial charge in [-0.05, 0) is 25.0 Å². The van der Waals surface area contributed by atoms with Gasteiger partial charge in [-0.15, -0.1) is 0 Å². The summed E-state index contributed by atoms with van der Waals surface area (Å²) in [6, 6.07) is 2.30.